The van der Waals surface area contributed by atoms with Crippen molar-refractivity contribution in [3.8, 4) is 0 Å². The van der Waals surface area contributed by atoms with Crippen LogP contribution < -0.4 is 10.5 Å². The van der Waals surface area contributed by atoms with E-state index in [1.54, 1.807) is 24.0 Å². The van der Waals surface area contributed by atoms with Crippen molar-refractivity contribution >= 4 is 5.82 Å². The molecule has 0 radical (unpaired) electrons. The maximum atomic E-state index is 12.2. The number of hydrogen-bond donors (Lipinski definition) is 0. The highest BCUT2D eigenvalue weighted by Crippen LogP contribution is 2.39. The van der Waals surface area contributed by atoms with E-state index in [2.05, 4.69) is 15.1 Å². The molecule has 0 spiro atoms. The highest BCUT2D eigenvalue weighted by molar-refractivity contribution is 5.37. The first-order valence-corrected chi connectivity index (χ1v) is 7.82. The first-order chi connectivity index (χ1) is 10.7. The molecule has 4 rings (SSSR count). The van der Waals surface area contributed by atoms with E-state index in [0.29, 0.717) is 11.7 Å². The zero-order chi connectivity index (χ0) is 15.1. The van der Waals surface area contributed by atoms with Crippen LogP contribution in [0.2, 0.25) is 0 Å². The molecular weight excluding hydrogens is 282 g/mol. The predicted molar refractivity (Wildman–Crippen MR) is 79.9 cm³/mol. The van der Waals surface area contributed by atoms with Gasteiger partial charge in [-0.05, 0) is 25.7 Å². The maximum Gasteiger partial charge on any atom is 0.293 e. The standard InChI is InChI=1S/C15H19N5O2/c1-19-8-6-16-13(15(19)21)20-7-2-3-11(9-20)12-17-14(22-18-12)10-4-5-10/h6,8,10-11H,2-5,7,9H2,1H3. The number of nitrogens with zero attached hydrogens (tertiary/aromatic N) is 5. The van der Waals surface area contributed by atoms with Gasteiger partial charge in [0, 0.05) is 44.4 Å². The Hall–Kier alpha value is -2.18. The van der Waals surface area contributed by atoms with E-state index in [0.717, 1.165) is 50.5 Å². The fourth-order valence-corrected chi connectivity index (χ4v) is 2.99. The molecular formula is C15H19N5O2. The first kappa shape index (κ1) is 13.5. The lowest BCUT2D eigenvalue weighted by Crippen LogP contribution is -2.39. The third kappa shape index (κ3) is 2.40. The molecule has 0 bridgehead atoms. The molecule has 1 atom stereocenters. The summed E-state index contributed by atoms with van der Waals surface area (Å²) >= 11 is 0. The second-order valence-electron chi connectivity index (χ2n) is 6.22. The lowest BCUT2D eigenvalue weighted by molar-refractivity contribution is 0.365. The molecule has 1 unspecified atom stereocenters. The van der Waals surface area contributed by atoms with Crippen molar-refractivity contribution in [3.63, 3.8) is 0 Å². The summed E-state index contributed by atoms with van der Waals surface area (Å²) in [5, 5.41) is 4.15. The molecule has 7 nitrogen and oxygen atoms in total. The Morgan fingerprint density at radius 1 is 1.27 bits per heavy atom. The summed E-state index contributed by atoms with van der Waals surface area (Å²) < 4.78 is 6.93. The normalized spacial score (nSPS) is 22.0. The molecule has 2 aliphatic rings. The van der Waals surface area contributed by atoms with Gasteiger partial charge in [0.2, 0.25) is 5.89 Å². The lowest BCUT2D eigenvalue weighted by Gasteiger charge is -2.31. The van der Waals surface area contributed by atoms with E-state index in [1.165, 1.54) is 0 Å². The molecule has 22 heavy (non-hydrogen) atoms. The van der Waals surface area contributed by atoms with E-state index in [-0.39, 0.29) is 11.5 Å². The van der Waals surface area contributed by atoms with Crippen molar-refractivity contribution in [2.24, 2.45) is 7.05 Å². The second kappa shape index (κ2) is 5.23. The van der Waals surface area contributed by atoms with Gasteiger partial charge in [-0.1, -0.05) is 5.16 Å². The fourth-order valence-electron chi connectivity index (χ4n) is 2.99. The van der Waals surface area contributed by atoms with Gasteiger partial charge in [-0.3, -0.25) is 4.79 Å². The number of piperidine rings is 1. The van der Waals surface area contributed by atoms with Gasteiger partial charge >= 0.3 is 0 Å². The summed E-state index contributed by atoms with van der Waals surface area (Å²) in [6, 6.07) is 0. The van der Waals surface area contributed by atoms with Crippen LogP contribution in [0.1, 0.15) is 49.2 Å². The number of aromatic nitrogens is 4. The molecule has 1 saturated heterocycles. The van der Waals surface area contributed by atoms with Gasteiger partial charge < -0.3 is 14.0 Å². The van der Waals surface area contributed by atoms with Crippen LogP contribution in [-0.4, -0.2) is 32.8 Å². The zero-order valence-electron chi connectivity index (χ0n) is 12.6. The Morgan fingerprint density at radius 2 is 2.14 bits per heavy atom. The maximum absolute atomic E-state index is 12.2. The van der Waals surface area contributed by atoms with E-state index >= 15 is 0 Å². The van der Waals surface area contributed by atoms with Gasteiger partial charge in [0.15, 0.2) is 11.6 Å². The Balaban J connectivity index is 1.56. The highest BCUT2D eigenvalue weighted by atomic mass is 16.5. The Bertz CT molecular complexity index is 734. The summed E-state index contributed by atoms with van der Waals surface area (Å²) in [6.45, 7) is 1.56. The summed E-state index contributed by atoms with van der Waals surface area (Å²) in [7, 11) is 1.75. The molecule has 0 amide bonds. The molecule has 7 heteroatoms. The van der Waals surface area contributed by atoms with Gasteiger partial charge in [-0.2, -0.15) is 4.98 Å². The molecule has 2 fully saturated rings. The van der Waals surface area contributed by atoms with Gasteiger partial charge in [0.05, 0.1) is 0 Å². The average molecular weight is 301 g/mol. The van der Waals surface area contributed by atoms with Crippen molar-refractivity contribution in [2.75, 3.05) is 18.0 Å². The number of rotatable bonds is 3. The molecule has 0 N–H and O–H groups in total. The summed E-state index contributed by atoms with van der Waals surface area (Å²) in [6.07, 6.45) is 7.67. The van der Waals surface area contributed by atoms with Crippen LogP contribution in [0, 0.1) is 0 Å². The predicted octanol–water partition coefficient (Wildman–Crippen LogP) is 1.42. The topological polar surface area (TPSA) is 77.1 Å². The summed E-state index contributed by atoms with van der Waals surface area (Å²) in [4.78, 5) is 23.1. The minimum absolute atomic E-state index is 0.0602. The van der Waals surface area contributed by atoms with Gasteiger partial charge in [0.25, 0.3) is 5.56 Å². The third-order valence-electron chi connectivity index (χ3n) is 4.47. The van der Waals surface area contributed by atoms with E-state index in [9.17, 15) is 4.79 Å². The van der Waals surface area contributed by atoms with Gasteiger partial charge in [0.1, 0.15) is 0 Å². The zero-order valence-corrected chi connectivity index (χ0v) is 12.6. The molecule has 1 aliphatic heterocycles. The molecule has 2 aromatic rings. The van der Waals surface area contributed by atoms with Crippen LogP contribution in [0.4, 0.5) is 5.82 Å². The van der Waals surface area contributed by atoms with Crippen molar-refractivity contribution in [3.05, 3.63) is 34.5 Å². The SMILES string of the molecule is Cn1ccnc(N2CCCC(c3noc(C4CC4)n3)C2)c1=O. The lowest BCUT2D eigenvalue weighted by atomic mass is 9.97. The fraction of sp³-hybridized carbons (Fsp3) is 0.600. The number of anilines is 1. The van der Waals surface area contributed by atoms with Crippen molar-refractivity contribution < 1.29 is 4.52 Å². The van der Waals surface area contributed by atoms with Crippen LogP contribution in [0.15, 0.2) is 21.7 Å². The first-order valence-electron chi connectivity index (χ1n) is 7.82. The highest BCUT2D eigenvalue weighted by Gasteiger charge is 2.32. The number of aryl methyl sites for hydroxylation is 1. The smallest absolute Gasteiger partial charge is 0.293 e. The van der Waals surface area contributed by atoms with Crippen molar-refractivity contribution in [1.29, 1.82) is 0 Å². The Labute approximate surface area is 128 Å². The van der Waals surface area contributed by atoms with Crippen LogP contribution in [0.25, 0.3) is 0 Å². The monoisotopic (exact) mass is 301 g/mol. The Kier molecular flexibility index (Phi) is 3.20. The largest absolute Gasteiger partial charge is 0.351 e. The molecule has 116 valence electrons. The second-order valence-corrected chi connectivity index (χ2v) is 6.22. The third-order valence-corrected chi connectivity index (χ3v) is 4.47. The summed E-state index contributed by atoms with van der Waals surface area (Å²) in [5.74, 6) is 2.75. The molecule has 1 aliphatic carbocycles. The molecule has 2 aromatic heterocycles. The minimum atomic E-state index is -0.0602. The van der Waals surface area contributed by atoms with Crippen molar-refractivity contribution in [2.45, 2.75) is 37.5 Å². The van der Waals surface area contributed by atoms with Crippen molar-refractivity contribution in [1.82, 2.24) is 19.7 Å². The summed E-state index contributed by atoms with van der Waals surface area (Å²) in [5.41, 5.74) is -0.0602. The van der Waals surface area contributed by atoms with E-state index < -0.39 is 0 Å². The number of hydrogen-bond acceptors (Lipinski definition) is 6. The molecule has 3 heterocycles. The van der Waals surface area contributed by atoms with Crippen LogP contribution in [0.5, 0.6) is 0 Å². The van der Waals surface area contributed by atoms with E-state index in [1.807, 2.05) is 4.90 Å². The van der Waals surface area contributed by atoms with Crippen LogP contribution in [0.3, 0.4) is 0 Å². The van der Waals surface area contributed by atoms with Gasteiger partial charge in [-0.15, -0.1) is 0 Å². The van der Waals surface area contributed by atoms with Crippen LogP contribution >= 0.6 is 0 Å². The van der Waals surface area contributed by atoms with Gasteiger partial charge in [-0.25, -0.2) is 4.98 Å². The molecule has 1 saturated carbocycles. The average Bonchev–Trinajstić information content (AvgIpc) is 3.27. The molecule has 0 aromatic carbocycles. The van der Waals surface area contributed by atoms with Crippen LogP contribution in [-0.2, 0) is 7.05 Å². The van der Waals surface area contributed by atoms with E-state index in [4.69, 9.17) is 4.52 Å². The quantitative estimate of drug-likeness (QED) is 0.853. The Morgan fingerprint density at radius 3 is 2.95 bits per heavy atom. The minimum Gasteiger partial charge on any atom is -0.351 e.